The Hall–Kier alpha value is -1.40. The van der Waals surface area contributed by atoms with Gasteiger partial charge >= 0.3 is 0 Å². The first-order valence-corrected chi connectivity index (χ1v) is 6.26. The zero-order chi connectivity index (χ0) is 14.5. The molecule has 19 heavy (non-hydrogen) atoms. The summed E-state index contributed by atoms with van der Waals surface area (Å²) in [4.78, 5) is 27.0. The van der Waals surface area contributed by atoms with E-state index in [0.717, 1.165) is 0 Å². The summed E-state index contributed by atoms with van der Waals surface area (Å²) in [5.74, 6) is -0.197. The Morgan fingerprint density at radius 3 is 2.32 bits per heavy atom. The van der Waals surface area contributed by atoms with E-state index in [2.05, 4.69) is 5.32 Å². The molecule has 0 bridgehead atoms. The molecule has 0 aromatic carbocycles. The second-order valence-electron chi connectivity index (χ2n) is 5.39. The third kappa shape index (κ3) is 5.00. The Labute approximate surface area is 114 Å². The number of likely N-dealkylation sites (N-methyl/N-ethyl adjacent to an activating group) is 1. The second kappa shape index (κ2) is 6.68. The van der Waals surface area contributed by atoms with Crippen LogP contribution in [0.15, 0.2) is 12.2 Å². The summed E-state index contributed by atoms with van der Waals surface area (Å²) in [5, 5.41) is 2.87. The van der Waals surface area contributed by atoms with Crippen molar-refractivity contribution in [3.8, 4) is 0 Å². The van der Waals surface area contributed by atoms with Crippen LogP contribution in [0.25, 0.3) is 0 Å². The topological polar surface area (TPSA) is 61.9 Å². The number of nitrogens with one attached hydrogen (secondary N) is 1. The Balaban J connectivity index is 2.49. The molecule has 1 fully saturated rings. The molecule has 0 spiro atoms. The van der Waals surface area contributed by atoms with Gasteiger partial charge in [-0.15, -0.1) is 0 Å². The fourth-order valence-corrected chi connectivity index (χ4v) is 1.69. The fraction of sp³-hybridized carbons (Fsp3) is 0.692. The number of carbonyl (C=O) groups is 2. The van der Waals surface area contributed by atoms with Gasteiger partial charge in [0.15, 0.2) is 0 Å². The van der Waals surface area contributed by atoms with Crippen molar-refractivity contribution in [1.82, 2.24) is 15.1 Å². The molecule has 6 heteroatoms. The van der Waals surface area contributed by atoms with Crippen LogP contribution in [0.3, 0.4) is 0 Å². The number of rotatable bonds is 6. The van der Waals surface area contributed by atoms with Gasteiger partial charge in [0.1, 0.15) is 0 Å². The predicted octanol–water partition coefficient (Wildman–Crippen LogP) is -0.532. The van der Waals surface area contributed by atoms with Crippen LogP contribution < -0.4 is 5.32 Å². The van der Waals surface area contributed by atoms with Crippen molar-refractivity contribution in [2.45, 2.75) is 12.0 Å². The average Bonchev–Trinajstić information content (AvgIpc) is 2.25. The number of ether oxygens (including phenoxy) is 1. The maximum Gasteiger partial charge on any atom is 0.244 e. The number of amides is 2. The summed E-state index contributed by atoms with van der Waals surface area (Å²) in [6, 6.07) is 0. The highest BCUT2D eigenvalue weighted by atomic mass is 16.5. The molecule has 0 radical (unpaired) electrons. The van der Waals surface area contributed by atoms with Gasteiger partial charge in [0, 0.05) is 26.7 Å². The van der Waals surface area contributed by atoms with Gasteiger partial charge < -0.3 is 19.9 Å². The average molecular weight is 269 g/mol. The van der Waals surface area contributed by atoms with E-state index in [1.807, 2.05) is 19.0 Å². The van der Waals surface area contributed by atoms with Crippen LogP contribution in [0.2, 0.25) is 0 Å². The molecule has 1 heterocycles. The summed E-state index contributed by atoms with van der Waals surface area (Å²) in [5.41, 5.74) is -0.541. The van der Waals surface area contributed by atoms with Crippen molar-refractivity contribution in [1.29, 1.82) is 0 Å². The molecule has 108 valence electrons. The molecule has 1 aliphatic heterocycles. The molecule has 1 aliphatic rings. The van der Waals surface area contributed by atoms with Crippen LogP contribution >= 0.6 is 0 Å². The molecular weight excluding hydrogens is 246 g/mol. The lowest BCUT2D eigenvalue weighted by Crippen LogP contribution is -2.63. The fourth-order valence-electron chi connectivity index (χ4n) is 1.69. The van der Waals surface area contributed by atoms with Crippen LogP contribution in [0, 0.1) is 0 Å². The highest BCUT2D eigenvalue weighted by Gasteiger charge is 2.41. The number of nitrogens with zero attached hydrogens (tertiary/aromatic N) is 2. The van der Waals surface area contributed by atoms with E-state index in [1.165, 1.54) is 11.0 Å². The SMILES string of the molecule is CN(C)C/C=C/C(=O)NC1(CC(=O)N(C)C)COC1. The first-order chi connectivity index (χ1) is 8.84. The van der Waals surface area contributed by atoms with Crippen molar-refractivity contribution < 1.29 is 14.3 Å². The normalized spacial score (nSPS) is 17.3. The number of hydrogen-bond acceptors (Lipinski definition) is 4. The van der Waals surface area contributed by atoms with Crippen molar-refractivity contribution in [2.75, 3.05) is 47.9 Å². The third-order valence-electron chi connectivity index (χ3n) is 2.87. The molecule has 1 rings (SSSR count). The van der Waals surface area contributed by atoms with Crippen LogP contribution in [0.5, 0.6) is 0 Å². The molecule has 1 saturated heterocycles. The Morgan fingerprint density at radius 1 is 1.26 bits per heavy atom. The standard InChI is InChI=1S/C13H23N3O3/c1-15(2)7-5-6-11(17)14-13(9-19-10-13)8-12(18)16(3)4/h5-6H,7-10H2,1-4H3,(H,14,17)/b6-5+. The molecule has 2 amide bonds. The number of hydrogen-bond donors (Lipinski definition) is 1. The first-order valence-electron chi connectivity index (χ1n) is 6.26. The van der Waals surface area contributed by atoms with Gasteiger partial charge in [-0.2, -0.15) is 0 Å². The van der Waals surface area contributed by atoms with E-state index < -0.39 is 5.54 Å². The summed E-state index contributed by atoms with van der Waals surface area (Å²) in [6.07, 6.45) is 3.56. The van der Waals surface area contributed by atoms with Gasteiger partial charge in [-0.1, -0.05) is 6.08 Å². The maximum atomic E-state index is 11.8. The molecule has 1 N–H and O–H groups in total. The van der Waals surface area contributed by atoms with Crippen LogP contribution in [-0.2, 0) is 14.3 Å². The van der Waals surface area contributed by atoms with Gasteiger partial charge in [-0.25, -0.2) is 0 Å². The molecule has 0 aromatic rings. The lowest BCUT2D eigenvalue weighted by molar-refractivity contribution is -0.142. The zero-order valence-corrected chi connectivity index (χ0v) is 12.1. The highest BCUT2D eigenvalue weighted by Crippen LogP contribution is 2.21. The molecule has 0 aliphatic carbocycles. The minimum Gasteiger partial charge on any atom is -0.376 e. The summed E-state index contributed by atoms with van der Waals surface area (Å²) < 4.78 is 5.14. The van der Waals surface area contributed by atoms with Crippen molar-refractivity contribution in [2.24, 2.45) is 0 Å². The highest BCUT2D eigenvalue weighted by molar-refractivity contribution is 5.89. The van der Waals surface area contributed by atoms with E-state index in [4.69, 9.17) is 4.74 Å². The number of carbonyl (C=O) groups excluding carboxylic acids is 2. The van der Waals surface area contributed by atoms with Crippen molar-refractivity contribution >= 4 is 11.8 Å². The monoisotopic (exact) mass is 269 g/mol. The summed E-state index contributed by atoms with van der Waals surface area (Å²) >= 11 is 0. The van der Waals surface area contributed by atoms with Crippen LogP contribution in [0.1, 0.15) is 6.42 Å². The van der Waals surface area contributed by atoms with E-state index in [1.54, 1.807) is 20.2 Å². The van der Waals surface area contributed by atoms with E-state index in [-0.39, 0.29) is 18.2 Å². The largest absolute Gasteiger partial charge is 0.376 e. The zero-order valence-electron chi connectivity index (χ0n) is 12.1. The third-order valence-corrected chi connectivity index (χ3v) is 2.87. The minimum atomic E-state index is -0.541. The molecular formula is C13H23N3O3. The summed E-state index contributed by atoms with van der Waals surface area (Å²) in [6.45, 7) is 1.48. The Morgan fingerprint density at radius 2 is 1.89 bits per heavy atom. The lowest BCUT2D eigenvalue weighted by atomic mass is 9.92. The van der Waals surface area contributed by atoms with Crippen molar-refractivity contribution in [3.05, 3.63) is 12.2 Å². The van der Waals surface area contributed by atoms with E-state index in [0.29, 0.717) is 19.8 Å². The molecule has 0 unspecified atom stereocenters. The van der Waals surface area contributed by atoms with Gasteiger partial charge in [0.2, 0.25) is 11.8 Å². The van der Waals surface area contributed by atoms with Crippen LogP contribution in [0.4, 0.5) is 0 Å². The predicted molar refractivity (Wildman–Crippen MR) is 72.7 cm³/mol. The summed E-state index contributed by atoms with van der Waals surface area (Å²) in [7, 11) is 7.27. The van der Waals surface area contributed by atoms with E-state index >= 15 is 0 Å². The van der Waals surface area contributed by atoms with Crippen molar-refractivity contribution in [3.63, 3.8) is 0 Å². The van der Waals surface area contributed by atoms with Crippen LogP contribution in [-0.4, -0.2) is 75.1 Å². The molecule has 0 saturated carbocycles. The lowest BCUT2D eigenvalue weighted by Gasteiger charge is -2.41. The van der Waals surface area contributed by atoms with Gasteiger partial charge in [-0.3, -0.25) is 9.59 Å². The maximum absolute atomic E-state index is 11.8. The Kier molecular flexibility index (Phi) is 5.50. The van der Waals surface area contributed by atoms with Gasteiger partial charge in [0.25, 0.3) is 0 Å². The van der Waals surface area contributed by atoms with E-state index in [9.17, 15) is 9.59 Å². The Bertz CT molecular complexity index is 360. The quantitative estimate of drug-likeness (QED) is 0.658. The second-order valence-corrected chi connectivity index (χ2v) is 5.39. The first kappa shape index (κ1) is 15.7. The molecule has 0 aromatic heterocycles. The molecule has 0 atom stereocenters. The minimum absolute atomic E-state index is 0.0131. The van der Waals surface area contributed by atoms with Gasteiger partial charge in [0.05, 0.1) is 25.2 Å². The van der Waals surface area contributed by atoms with Gasteiger partial charge in [-0.05, 0) is 14.1 Å². The molecule has 6 nitrogen and oxygen atoms in total. The smallest absolute Gasteiger partial charge is 0.244 e.